The summed E-state index contributed by atoms with van der Waals surface area (Å²) in [5, 5.41) is 13.4. The molecule has 21 heavy (non-hydrogen) atoms. The van der Waals surface area contributed by atoms with E-state index in [1.165, 1.54) is 6.07 Å². The summed E-state index contributed by atoms with van der Waals surface area (Å²) in [4.78, 5) is 21.9. The van der Waals surface area contributed by atoms with Crippen molar-refractivity contribution >= 4 is 17.3 Å². The molecule has 2 aromatic carbocycles. The van der Waals surface area contributed by atoms with Gasteiger partial charge in [-0.2, -0.15) is 4.39 Å². The van der Waals surface area contributed by atoms with E-state index < -0.39 is 22.3 Å². The van der Waals surface area contributed by atoms with E-state index in [0.717, 1.165) is 23.3 Å². The summed E-state index contributed by atoms with van der Waals surface area (Å²) in [6.45, 7) is 3.77. The van der Waals surface area contributed by atoms with Gasteiger partial charge in [0.15, 0.2) is 0 Å². The quantitative estimate of drug-likeness (QED) is 0.692. The minimum absolute atomic E-state index is 0.0315. The number of hydrogen-bond acceptors (Lipinski definition) is 3. The minimum atomic E-state index is -0.969. The Morgan fingerprint density at radius 2 is 1.95 bits per heavy atom. The van der Waals surface area contributed by atoms with E-state index in [2.05, 4.69) is 5.32 Å². The number of rotatable bonds is 3. The molecule has 2 rings (SSSR count). The Bertz CT molecular complexity index is 729. The van der Waals surface area contributed by atoms with Gasteiger partial charge in [-0.05, 0) is 43.2 Å². The van der Waals surface area contributed by atoms with Crippen LogP contribution in [0.25, 0.3) is 0 Å². The summed E-state index contributed by atoms with van der Waals surface area (Å²) in [6, 6.07) is 8.49. The molecule has 0 unspecified atom stereocenters. The van der Waals surface area contributed by atoms with Crippen molar-refractivity contribution in [2.24, 2.45) is 0 Å². The molecule has 0 heterocycles. The minimum Gasteiger partial charge on any atom is -0.322 e. The Morgan fingerprint density at radius 1 is 1.24 bits per heavy atom. The smallest absolute Gasteiger partial charge is 0.305 e. The Morgan fingerprint density at radius 3 is 2.62 bits per heavy atom. The molecule has 1 amide bonds. The summed E-state index contributed by atoms with van der Waals surface area (Å²) < 4.78 is 13.3. The van der Waals surface area contributed by atoms with Gasteiger partial charge in [-0.3, -0.25) is 14.9 Å². The lowest BCUT2D eigenvalue weighted by Gasteiger charge is -2.10. The summed E-state index contributed by atoms with van der Waals surface area (Å²) in [5.74, 6) is -1.49. The first kappa shape index (κ1) is 14.6. The number of nitrogens with zero attached hydrogens (tertiary/aromatic N) is 1. The summed E-state index contributed by atoms with van der Waals surface area (Å²) >= 11 is 0. The first-order chi connectivity index (χ1) is 9.90. The van der Waals surface area contributed by atoms with Gasteiger partial charge in [-0.1, -0.05) is 12.1 Å². The zero-order chi connectivity index (χ0) is 15.6. The maximum absolute atomic E-state index is 13.3. The van der Waals surface area contributed by atoms with E-state index in [0.29, 0.717) is 5.69 Å². The number of halogens is 1. The van der Waals surface area contributed by atoms with Crippen molar-refractivity contribution in [3.63, 3.8) is 0 Å². The second-order valence-corrected chi connectivity index (χ2v) is 4.62. The van der Waals surface area contributed by atoms with E-state index in [1.807, 2.05) is 19.9 Å². The van der Waals surface area contributed by atoms with E-state index in [9.17, 15) is 19.3 Å². The molecule has 0 aliphatic rings. The maximum Gasteiger partial charge on any atom is 0.305 e. The predicted octanol–water partition coefficient (Wildman–Crippen LogP) is 3.60. The standard InChI is InChI=1S/C15H13FN2O3/c1-9-4-3-5-13(10(9)2)17-15(19)11-6-7-12(16)14(8-11)18(20)21/h3-8H,1-2H3,(H,17,19). The molecule has 0 atom stereocenters. The fourth-order valence-corrected chi connectivity index (χ4v) is 1.87. The molecular weight excluding hydrogens is 275 g/mol. The van der Waals surface area contributed by atoms with Gasteiger partial charge in [0.1, 0.15) is 0 Å². The third kappa shape index (κ3) is 3.05. The van der Waals surface area contributed by atoms with Crippen LogP contribution in [0.2, 0.25) is 0 Å². The fourth-order valence-electron chi connectivity index (χ4n) is 1.87. The number of nitro groups is 1. The molecule has 0 radical (unpaired) electrons. The Kier molecular flexibility index (Phi) is 3.98. The molecule has 5 nitrogen and oxygen atoms in total. The third-order valence-electron chi connectivity index (χ3n) is 3.26. The zero-order valence-electron chi connectivity index (χ0n) is 11.5. The number of nitrogens with one attached hydrogen (secondary N) is 1. The molecule has 0 aliphatic carbocycles. The first-order valence-corrected chi connectivity index (χ1v) is 6.21. The van der Waals surface area contributed by atoms with Gasteiger partial charge in [0.25, 0.3) is 5.91 Å². The van der Waals surface area contributed by atoms with Gasteiger partial charge >= 0.3 is 5.69 Å². The van der Waals surface area contributed by atoms with Crippen LogP contribution >= 0.6 is 0 Å². The molecule has 0 saturated heterocycles. The molecule has 0 aromatic heterocycles. The van der Waals surface area contributed by atoms with Crippen molar-refractivity contribution in [3.05, 3.63) is 69.0 Å². The highest BCUT2D eigenvalue weighted by molar-refractivity contribution is 6.05. The molecule has 0 spiro atoms. The molecule has 6 heteroatoms. The van der Waals surface area contributed by atoms with Crippen LogP contribution in [-0.4, -0.2) is 10.8 Å². The predicted molar refractivity (Wildman–Crippen MR) is 76.9 cm³/mol. The molecule has 1 N–H and O–H groups in total. The highest BCUT2D eigenvalue weighted by Crippen LogP contribution is 2.21. The number of carbonyl (C=O) groups is 1. The second kappa shape index (κ2) is 5.70. The van der Waals surface area contributed by atoms with Crippen molar-refractivity contribution in [2.45, 2.75) is 13.8 Å². The SMILES string of the molecule is Cc1cccc(NC(=O)c2ccc(F)c([N+](=O)[O-])c2)c1C. The van der Waals surface area contributed by atoms with Gasteiger partial charge < -0.3 is 5.32 Å². The lowest BCUT2D eigenvalue weighted by molar-refractivity contribution is -0.387. The Labute approximate surface area is 120 Å². The number of aryl methyl sites for hydroxylation is 1. The van der Waals surface area contributed by atoms with Crippen molar-refractivity contribution in [3.8, 4) is 0 Å². The average molecular weight is 288 g/mol. The molecule has 108 valence electrons. The number of hydrogen-bond donors (Lipinski definition) is 1. The van der Waals surface area contributed by atoms with Gasteiger partial charge in [0, 0.05) is 17.3 Å². The summed E-state index contributed by atoms with van der Waals surface area (Å²) in [6.07, 6.45) is 0. The van der Waals surface area contributed by atoms with Crippen LogP contribution in [0, 0.1) is 29.8 Å². The lowest BCUT2D eigenvalue weighted by atomic mass is 10.1. The van der Waals surface area contributed by atoms with Crippen LogP contribution < -0.4 is 5.32 Å². The monoisotopic (exact) mass is 288 g/mol. The van der Waals surface area contributed by atoms with Gasteiger partial charge in [0.2, 0.25) is 5.82 Å². The van der Waals surface area contributed by atoms with Crippen molar-refractivity contribution < 1.29 is 14.1 Å². The van der Waals surface area contributed by atoms with Crippen LogP contribution in [0.15, 0.2) is 36.4 Å². The number of nitro benzene ring substituents is 1. The largest absolute Gasteiger partial charge is 0.322 e. The maximum atomic E-state index is 13.3. The molecule has 2 aromatic rings. The van der Waals surface area contributed by atoms with E-state index in [1.54, 1.807) is 12.1 Å². The highest BCUT2D eigenvalue weighted by Gasteiger charge is 2.18. The molecule has 0 fully saturated rings. The fraction of sp³-hybridized carbons (Fsp3) is 0.133. The number of carbonyl (C=O) groups excluding carboxylic acids is 1. The topological polar surface area (TPSA) is 72.2 Å². The zero-order valence-corrected chi connectivity index (χ0v) is 11.5. The molecule has 0 bridgehead atoms. The molecule has 0 saturated carbocycles. The van der Waals surface area contributed by atoms with Gasteiger partial charge in [-0.25, -0.2) is 0 Å². The third-order valence-corrected chi connectivity index (χ3v) is 3.26. The normalized spacial score (nSPS) is 10.2. The van der Waals surface area contributed by atoms with Gasteiger partial charge in [0.05, 0.1) is 4.92 Å². The van der Waals surface area contributed by atoms with Crippen LogP contribution in [0.1, 0.15) is 21.5 Å². The van der Waals surface area contributed by atoms with Crippen molar-refractivity contribution in [2.75, 3.05) is 5.32 Å². The lowest BCUT2D eigenvalue weighted by Crippen LogP contribution is -2.13. The highest BCUT2D eigenvalue weighted by atomic mass is 19.1. The van der Waals surface area contributed by atoms with Crippen LogP contribution in [0.5, 0.6) is 0 Å². The molecular formula is C15H13FN2O3. The summed E-state index contributed by atoms with van der Waals surface area (Å²) in [5.41, 5.74) is 1.85. The van der Waals surface area contributed by atoms with Crippen molar-refractivity contribution in [1.82, 2.24) is 0 Å². The second-order valence-electron chi connectivity index (χ2n) is 4.62. The van der Waals surface area contributed by atoms with E-state index in [-0.39, 0.29) is 5.56 Å². The number of benzene rings is 2. The molecule has 0 aliphatic heterocycles. The number of anilines is 1. The van der Waals surface area contributed by atoms with Crippen LogP contribution in [-0.2, 0) is 0 Å². The van der Waals surface area contributed by atoms with Crippen LogP contribution in [0.4, 0.5) is 15.8 Å². The van der Waals surface area contributed by atoms with E-state index in [4.69, 9.17) is 0 Å². The van der Waals surface area contributed by atoms with Crippen LogP contribution in [0.3, 0.4) is 0 Å². The van der Waals surface area contributed by atoms with Crippen molar-refractivity contribution in [1.29, 1.82) is 0 Å². The average Bonchev–Trinajstić information content (AvgIpc) is 2.44. The number of amides is 1. The summed E-state index contributed by atoms with van der Waals surface area (Å²) in [7, 11) is 0. The van der Waals surface area contributed by atoms with Gasteiger partial charge in [-0.15, -0.1) is 0 Å². The Hall–Kier alpha value is -2.76. The first-order valence-electron chi connectivity index (χ1n) is 6.21. The Balaban J connectivity index is 2.31. The van der Waals surface area contributed by atoms with E-state index >= 15 is 0 Å².